The Kier molecular flexibility index (Phi) is 5.71. The van der Waals surface area contributed by atoms with Crippen LogP contribution in [0.2, 0.25) is 0 Å². The number of nitrogens with zero attached hydrogens (tertiary/aromatic N) is 1. The molecule has 2 rings (SSSR count). The minimum atomic E-state index is -2.48. The van der Waals surface area contributed by atoms with E-state index in [1.54, 1.807) is 12.1 Å². The molecule has 1 saturated heterocycles. The number of benzene rings is 1. The van der Waals surface area contributed by atoms with Gasteiger partial charge in [-0.15, -0.1) is 0 Å². The number of piperidine rings is 1. The van der Waals surface area contributed by atoms with Gasteiger partial charge in [-0.2, -0.15) is 0 Å². The Bertz CT molecular complexity index is 493. The van der Waals surface area contributed by atoms with E-state index in [-0.39, 0.29) is 5.92 Å². The maximum absolute atomic E-state index is 12.1. The van der Waals surface area contributed by atoms with Gasteiger partial charge in [0.2, 0.25) is 0 Å². The third-order valence-corrected chi connectivity index (χ3v) is 4.05. The van der Waals surface area contributed by atoms with Gasteiger partial charge in [0.15, 0.2) is 0 Å². The summed E-state index contributed by atoms with van der Waals surface area (Å²) in [5.74, 6) is -0.642. The summed E-state index contributed by atoms with van der Waals surface area (Å²) < 4.78 is 29.1. The van der Waals surface area contributed by atoms with Crippen molar-refractivity contribution in [2.75, 3.05) is 13.2 Å². The molecule has 0 aromatic heterocycles. The van der Waals surface area contributed by atoms with Crippen LogP contribution in [0.4, 0.5) is 8.78 Å². The van der Waals surface area contributed by atoms with Gasteiger partial charge in [-0.1, -0.05) is 12.1 Å². The average Bonchev–Trinajstić information content (AvgIpc) is 2.48. The molecule has 0 spiro atoms. The lowest BCUT2D eigenvalue weighted by Gasteiger charge is -2.36. The van der Waals surface area contributed by atoms with E-state index in [0.29, 0.717) is 31.3 Å². The number of rotatable bonds is 6. The van der Waals surface area contributed by atoms with E-state index in [1.807, 2.05) is 12.1 Å². The highest BCUT2D eigenvalue weighted by molar-refractivity contribution is 5.70. The maximum Gasteiger partial charge on any atom is 0.307 e. The van der Waals surface area contributed by atoms with E-state index in [2.05, 4.69) is 11.8 Å². The van der Waals surface area contributed by atoms with Crippen molar-refractivity contribution >= 4 is 5.97 Å². The molecule has 22 heavy (non-hydrogen) atoms. The van der Waals surface area contributed by atoms with E-state index in [9.17, 15) is 13.6 Å². The third kappa shape index (κ3) is 4.66. The second kappa shape index (κ2) is 7.54. The quantitative estimate of drug-likeness (QED) is 0.877. The first-order valence-electron chi connectivity index (χ1n) is 7.42. The highest BCUT2D eigenvalue weighted by Crippen LogP contribution is 2.24. The molecule has 1 aromatic carbocycles. The lowest BCUT2D eigenvalue weighted by atomic mass is 9.93. The van der Waals surface area contributed by atoms with Crippen molar-refractivity contribution in [3.63, 3.8) is 0 Å². The maximum atomic E-state index is 12.1. The minimum Gasteiger partial charge on any atom is -0.488 e. The summed E-state index contributed by atoms with van der Waals surface area (Å²) in [6.45, 7) is 2.68. The van der Waals surface area contributed by atoms with Crippen molar-refractivity contribution in [1.82, 2.24) is 4.90 Å². The van der Waals surface area contributed by atoms with Gasteiger partial charge in [0, 0.05) is 19.1 Å². The van der Waals surface area contributed by atoms with Gasteiger partial charge >= 0.3 is 5.97 Å². The van der Waals surface area contributed by atoms with E-state index in [4.69, 9.17) is 9.84 Å². The molecule has 2 atom stereocenters. The molecular weight excluding hydrogens is 292 g/mol. The Morgan fingerprint density at radius 1 is 1.36 bits per heavy atom. The normalized spacial score (nSPS) is 22.7. The highest BCUT2D eigenvalue weighted by Gasteiger charge is 2.29. The standard InChI is InChI=1S/C16H21F2NO3/c1-11-2-5-13(16(20)21)9-19(11)8-12-3-6-14(7-4-12)22-10-15(17)18/h3-4,6-7,11,13,15H,2,5,8-10H2,1H3,(H,20,21). The lowest BCUT2D eigenvalue weighted by Crippen LogP contribution is -2.43. The number of carboxylic acids is 1. The fourth-order valence-corrected chi connectivity index (χ4v) is 2.69. The first kappa shape index (κ1) is 16.7. The monoisotopic (exact) mass is 313 g/mol. The van der Waals surface area contributed by atoms with Crippen LogP contribution in [0.5, 0.6) is 5.75 Å². The van der Waals surface area contributed by atoms with Crippen LogP contribution in [0, 0.1) is 5.92 Å². The largest absolute Gasteiger partial charge is 0.488 e. The molecule has 1 N–H and O–H groups in total. The molecule has 122 valence electrons. The Balaban J connectivity index is 1.93. The van der Waals surface area contributed by atoms with E-state index in [1.165, 1.54) is 0 Å². The summed E-state index contributed by atoms with van der Waals surface area (Å²) in [6.07, 6.45) is -0.901. The molecule has 4 nitrogen and oxygen atoms in total. The number of carboxylic acid groups (broad SMARTS) is 1. The van der Waals surface area contributed by atoms with Crippen LogP contribution in [0.25, 0.3) is 0 Å². The van der Waals surface area contributed by atoms with Crippen molar-refractivity contribution in [1.29, 1.82) is 0 Å². The molecule has 0 bridgehead atoms. The molecule has 1 aliphatic rings. The van der Waals surface area contributed by atoms with Crippen LogP contribution >= 0.6 is 0 Å². The smallest absolute Gasteiger partial charge is 0.307 e. The number of carbonyl (C=O) groups is 1. The molecule has 0 radical (unpaired) electrons. The van der Waals surface area contributed by atoms with Gasteiger partial charge in [-0.25, -0.2) is 8.78 Å². The number of halogens is 2. The predicted octanol–water partition coefficient (Wildman–Crippen LogP) is 3.02. The van der Waals surface area contributed by atoms with Crippen LogP contribution in [-0.2, 0) is 11.3 Å². The number of hydrogen-bond donors (Lipinski definition) is 1. The topological polar surface area (TPSA) is 49.8 Å². The summed E-state index contributed by atoms with van der Waals surface area (Å²) >= 11 is 0. The first-order valence-corrected chi connectivity index (χ1v) is 7.42. The molecule has 1 aliphatic heterocycles. The lowest BCUT2D eigenvalue weighted by molar-refractivity contribution is -0.144. The van der Waals surface area contributed by atoms with Crippen LogP contribution in [0.1, 0.15) is 25.3 Å². The van der Waals surface area contributed by atoms with Crippen molar-refractivity contribution < 1.29 is 23.4 Å². The number of likely N-dealkylation sites (tertiary alicyclic amines) is 1. The summed E-state index contributed by atoms with van der Waals surface area (Å²) in [7, 11) is 0. The number of hydrogen-bond acceptors (Lipinski definition) is 3. The van der Waals surface area contributed by atoms with Gasteiger partial charge in [0.1, 0.15) is 12.4 Å². The Hall–Kier alpha value is -1.69. The fourth-order valence-electron chi connectivity index (χ4n) is 2.69. The van der Waals surface area contributed by atoms with Gasteiger partial charge in [0.25, 0.3) is 6.43 Å². The first-order chi connectivity index (χ1) is 10.5. The SMILES string of the molecule is CC1CCC(C(=O)O)CN1Cc1ccc(OCC(F)F)cc1. The highest BCUT2D eigenvalue weighted by atomic mass is 19.3. The second-order valence-corrected chi connectivity index (χ2v) is 5.74. The van der Waals surface area contributed by atoms with Gasteiger partial charge < -0.3 is 9.84 Å². The zero-order valence-electron chi connectivity index (χ0n) is 12.5. The van der Waals surface area contributed by atoms with E-state index >= 15 is 0 Å². The molecular formula is C16H21F2NO3. The number of aliphatic carboxylic acids is 1. The van der Waals surface area contributed by atoms with Crippen molar-refractivity contribution in [2.45, 2.75) is 38.8 Å². The summed E-state index contributed by atoms with van der Waals surface area (Å²) in [6, 6.07) is 7.34. The summed E-state index contributed by atoms with van der Waals surface area (Å²) in [5.41, 5.74) is 1.02. The average molecular weight is 313 g/mol. The third-order valence-electron chi connectivity index (χ3n) is 4.05. The summed E-state index contributed by atoms with van der Waals surface area (Å²) in [5, 5.41) is 9.14. The van der Waals surface area contributed by atoms with Gasteiger partial charge in [-0.05, 0) is 37.5 Å². The Labute approximate surface area is 128 Å². The zero-order valence-corrected chi connectivity index (χ0v) is 12.5. The van der Waals surface area contributed by atoms with Crippen molar-refractivity contribution in [3.8, 4) is 5.75 Å². The molecule has 1 fully saturated rings. The molecule has 0 amide bonds. The van der Waals surface area contributed by atoms with E-state index in [0.717, 1.165) is 12.0 Å². The molecule has 0 saturated carbocycles. The number of alkyl halides is 2. The predicted molar refractivity (Wildman–Crippen MR) is 78.2 cm³/mol. The molecule has 1 heterocycles. The van der Waals surface area contributed by atoms with Crippen LogP contribution in [0.15, 0.2) is 24.3 Å². The van der Waals surface area contributed by atoms with Gasteiger partial charge in [0.05, 0.1) is 5.92 Å². The van der Waals surface area contributed by atoms with Crippen LogP contribution in [0.3, 0.4) is 0 Å². The molecule has 2 unspecified atom stereocenters. The Morgan fingerprint density at radius 2 is 2.05 bits per heavy atom. The zero-order chi connectivity index (χ0) is 16.1. The second-order valence-electron chi connectivity index (χ2n) is 5.74. The van der Waals surface area contributed by atoms with Crippen LogP contribution < -0.4 is 4.74 Å². The molecule has 1 aromatic rings. The van der Waals surface area contributed by atoms with Crippen molar-refractivity contribution in [3.05, 3.63) is 29.8 Å². The fraction of sp³-hybridized carbons (Fsp3) is 0.562. The number of ether oxygens (including phenoxy) is 1. The summed E-state index contributed by atoms with van der Waals surface area (Å²) in [4.78, 5) is 13.3. The Morgan fingerprint density at radius 3 is 2.64 bits per heavy atom. The minimum absolute atomic E-state index is 0.315. The van der Waals surface area contributed by atoms with E-state index < -0.39 is 19.0 Å². The molecule has 0 aliphatic carbocycles. The van der Waals surface area contributed by atoms with Crippen molar-refractivity contribution in [2.24, 2.45) is 5.92 Å². The molecule has 6 heteroatoms. The van der Waals surface area contributed by atoms with Gasteiger partial charge in [-0.3, -0.25) is 9.69 Å². The van der Waals surface area contributed by atoms with Crippen LogP contribution in [-0.4, -0.2) is 41.6 Å².